The molecule has 1 aliphatic carbocycles. The Morgan fingerprint density at radius 2 is 1.65 bits per heavy atom. The van der Waals surface area contributed by atoms with Gasteiger partial charge in [0, 0.05) is 31.5 Å². The number of likely N-dealkylation sites (N-methyl/N-ethyl adjacent to an activating group) is 1. The van der Waals surface area contributed by atoms with Crippen LogP contribution in [0.15, 0.2) is 84.9 Å². The molecule has 3 aromatic carbocycles. The van der Waals surface area contributed by atoms with Crippen molar-refractivity contribution in [1.29, 1.82) is 0 Å². The second-order valence-electron chi connectivity index (χ2n) is 13.1. The Balaban J connectivity index is 1.26. The predicted octanol–water partition coefficient (Wildman–Crippen LogP) is 8.76. The third-order valence-electron chi connectivity index (χ3n) is 10.0. The summed E-state index contributed by atoms with van der Waals surface area (Å²) in [6.07, 6.45) is 5.57. The molecule has 2 aromatic heterocycles. The predicted molar refractivity (Wildman–Crippen MR) is 196 cm³/mol. The molecule has 0 spiro atoms. The van der Waals surface area contributed by atoms with Gasteiger partial charge in [0.1, 0.15) is 23.3 Å². The minimum Gasteiger partial charge on any atom is -0.489 e. The third-order valence-corrected chi connectivity index (χ3v) is 11.1. The van der Waals surface area contributed by atoms with E-state index < -0.39 is 12.0 Å². The number of morpholine rings is 1. The second-order valence-corrected chi connectivity index (χ2v) is 14.1. The normalized spacial score (nSPS) is 16.1. The van der Waals surface area contributed by atoms with E-state index in [2.05, 4.69) is 33.7 Å². The standard InChI is InChI=1S/C40H43N3O5S/c1-27(39(44)41(2)31-15-17-32(18-16-31)42-21-23-47-24-22-42)43-34-25-35(40(45)46)49-38(34)36(29-11-7-4-8-12-29)37(43)30-13-19-33(20-14-30)48-26-28-9-5-3-6-10-28/h3,5-6,9-10,13-20,25,27,29H,4,7-8,11-12,21-24,26H2,1-2H3,(H,45,46). The molecular weight excluding hydrogens is 635 g/mol. The fraction of sp³-hybridized carbons (Fsp3) is 0.350. The van der Waals surface area contributed by atoms with Gasteiger partial charge in [-0.25, -0.2) is 4.79 Å². The summed E-state index contributed by atoms with van der Waals surface area (Å²) in [6.45, 7) is 5.53. The van der Waals surface area contributed by atoms with Crippen molar-refractivity contribution in [3.8, 4) is 17.0 Å². The number of aromatic carboxylic acids is 1. The van der Waals surface area contributed by atoms with E-state index in [0.29, 0.717) is 24.7 Å². The zero-order valence-corrected chi connectivity index (χ0v) is 29.0. The summed E-state index contributed by atoms with van der Waals surface area (Å²) in [5.74, 6) is 0.0393. The van der Waals surface area contributed by atoms with Crippen molar-refractivity contribution in [1.82, 2.24) is 4.57 Å². The summed E-state index contributed by atoms with van der Waals surface area (Å²) < 4.78 is 14.7. The maximum absolute atomic E-state index is 14.4. The van der Waals surface area contributed by atoms with Gasteiger partial charge in [-0.15, -0.1) is 11.3 Å². The van der Waals surface area contributed by atoms with Crippen molar-refractivity contribution >= 4 is 44.8 Å². The van der Waals surface area contributed by atoms with Crippen LogP contribution in [0, 0.1) is 0 Å². The Kier molecular flexibility index (Phi) is 9.73. The van der Waals surface area contributed by atoms with Crippen LogP contribution in [-0.2, 0) is 16.1 Å². The van der Waals surface area contributed by atoms with E-state index >= 15 is 0 Å². The van der Waals surface area contributed by atoms with E-state index in [1.165, 1.54) is 23.3 Å². The number of carboxylic acids is 1. The number of fused-ring (bicyclic) bond motifs is 1. The number of nitrogens with zero attached hydrogens (tertiary/aromatic N) is 3. The lowest BCUT2D eigenvalue weighted by Crippen LogP contribution is -2.36. The molecule has 7 rings (SSSR count). The molecule has 5 aromatic rings. The van der Waals surface area contributed by atoms with Crippen molar-refractivity contribution in [2.45, 2.75) is 57.6 Å². The van der Waals surface area contributed by atoms with Crippen molar-refractivity contribution in [2.75, 3.05) is 43.2 Å². The van der Waals surface area contributed by atoms with Crippen molar-refractivity contribution in [3.63, 3.8) is 0 Å². The highest BCUT2D eigenvalue weighted by Crippen LogP contribution is 2.48. The largest absolute Gasteiger partial charge is 0.489 e. The maximum atomic E-state index is 14.4. The fourth-order valence-electron chi connectivity index (χ4n) is 7.36. The molecule has 0 radical (unpaired) electrons. The molecule has 0 bridgehead atoms. The van der Waals surface area contributed by atoms with Gasteiger partial charge in [-0.1, -0.05) is 49.6 Å². The number of carboxylic acid groups (broad SMARTS) is 1. The van der Waals surface area contributed by atoms with Crippen LogP contribution >= 0.6 is 11.3 Å². The molecule has 1 saturated carbocycles. The Morgan fingerprint density at radius 1 is 0.959 bits per heavy atom. The first-order valence-electron chi connectivity index (χ1n) is 17.3. The molecule has 8 nitrogen and oxygen atoms in total. The number of amides is 1. The number of anilines is 2. The number of hydrogen-bond acceptors (Lipinski definition) is 6. The van der Waals surface area contributed by atoms with Gasteiger partial charge in [0.25, 0.3) is 0 Å². The summed E-state index contributed by atoms with van der Waals surface area (Å²) in [7, 11) is 1.82. The third kappa shape index (κ3) is 6.82. The quantitative estimate of drug-likeness (QED) is 0.159. The van der Waals surface area contributed by atoms with Crippen molar-refractivity contribution < 1.29 is 24.2 Å². The van der Waals surface area contributed by atoms with E-state index in [0.717, 1.165) is 82.9 Å². The molecule has 1 N–H and O–H groups in total. The highest BCUT2D eigenvalue weighted by molar-refractivity contribution is 7.21. The molecule has 1 amide bonds. The summed E-state index contributed by atoms with van der Waals surface area (Å²) in [6, 6.07) is 27.5. The number of aromatic nitrogens is 1. The molecule has 1 saturated heterocycles. The van der Waals surface area contributed by atoms with Gasteiger partial charge in [0.2, 0.25) is 5.91 Å². The number of ether oxygens (including phenoxy) is 2. The van der Waals surface area contributed by atoms with Gasteiger partial charge in [0.05, 0.1) is 29.1 Å². The molecule has 49 heavy (non-hydrogen) atoms. The summed E-state index contributed by atoms with van der Waals surface area (Å²) >= 11 is 1.33. The Bertz CT molecular complexity index is 1900. The van der Waals surface area contributed by atoms with Gasteiger partial charge in [-0.2, -0.15) is 0 Å². The molecule has 2 aliphatic rings. The zero-order chi connectivity index (χ0) is 33.9. The molecule has 1 aliphatic heterocycles. The van der Waals surface area contributed by atoms with Crippen molar-refractivity contribution in [2.24, 2.45) is 0 Å². The lowest BCUT2D eigenvalue weighted by Gasteiger charge is -2.30. The molecule has 1 unspecified atom stereocenters. The SMILES string of the molecule is CC(C(=O)N(C)c1ccc(N2CCOCC2)cc1)n1c(-c2ccc(OCc3ccccc3)cc2)c(C2CCCCC2)c2sc(C(=O)O)cc21. The minimum absolute atomic E-state index is 0.0710. The molecule has 1 atom stereocenters. The van der Waals surface area contributed by atoms with E-state index in [9.17, 15) is 14.7 Å². The summed E-state index contributed by atoms with van der Waals surface area (Å²) in [4.78, 5) is 31.0. The monoisotopic (exact) mass is 677 g/mol. The van der Waals surface area contributed by atoms with Gasteiger partial charge in [-0.05, 0) is 97.0 Å². The summed E-state index contributed by atoms with van der Waals surface area (Å²) in [5, 5.41) is 10.0. The number of thiophene rings is 1. The van der Waals surface area contributed by atoms with Gasteiger partial charge in [-0.3, -0.25) is 4.79 Å². The average Bonchev–Trinajstić information content (AvgIpc) is 3.72. The smallest absolute Gasteiger partial charge is 0.345 e. The number of carbonyl (C=O) groups is 2. The topological polar surface area (TPSA) is 84.2 Å². The van der Waals surface area contributed by atoms with Crippen LogP contribution < -0.4 is 14.5 Å². The van der Waals surface area contributed by atoms with Crippen LogP contribution in [0.25, 0.3) is 21.5 Å². The Morgan fingerprint density at radius 3 is 2.33 bits per heavy atom. The second kappa shape index (κ2) is 14.5. The highest BCUT2D eigenvalue weighted by Gasteiger charge is 2.33. The summed E-state index contributed by atoms with van der Waals surface area (Å²) in [5.41, 5.74) is 6.98. The number of benzene rings is 3. The lowest BCUT2D eigenvalue weighted by molar-refractivity contribution is -0.120. The fourth-order valence-corrected chi connectivity index (χ4v) is 8.47. The van der Waals surface area contributed by atoms with Crippen LogP contribution in [0.3, 0.4) is 0 Å². The zero-order valence-electron chi connectivity index (χ0n) is 28.1. The molecule has 9 heteroatoms. The lowest BCUT2D eigenvalue weighted by atomic mass is 9.83. The molecule has 254 valence electrons. The van der Waals surface area contributed by atoms with E-state index in [-0.39, 0.29) is 11.8 Å². The molecule has 2 fully saturated rings. The van der Waals surface area contributed by atoms with E-state index in [1.807, 2.05) is 68.6 Å². The molecule has 3 heterocycles. The van der Waals surface area contributed by atoms with Crippen LogP contribution in [0.1, 0.15) is 71.8 Å². The first-order chi connectivity index (χ1) is 23.9. The van der Waals surface area contributed by atoms with E-state index in [1.54, 1.807) is 11.0 Å². The highest BCUT2D eigenvalue weighted by atomic mass is 32.1. The first kappa shape index (κ1) is 32.9. The van der Waals surface area contributed by atoms with Gasteiger partial charge >= 0.3 is 5.97 Å². The van der Waals surface area contributed by atoms with Gasteiger partial charge < -0.3 is 28.9 Å². The first-order valence-corrected chi connectivity index (χ1v) is 18.1. The van der Waals surface area contributed by atoms with Crippen LogP contribution in [-0.4, -0.2) is 54.9 Å². The van der Waals surface area contributed by atoms with E-state index in [4.69, 9.17) is 9.47 Å². The van der Waals surface area contributed by atoms with Crippen molar-refractivity contribution in [3.05, 3.63) is 101 Å². The maximum Gasteiger partial charge on any atom is 0.345 e. The molecular formula is C40H43N3O5S. The van der Waals surface area contributed by atoms with Crippen LogP contribution in [0.4, 0.5) is 11.4 Å². The van der Waals surface area contributed by atoms with Gasteiger partial charge in [0.15, 0.2) is 0 Å². The minimum atomic E-state index is -0.944. The van der Waals surface area contributed by atoms with Crippen LogP contribution in [0.5, 0.6) is 5.75 Å². The number of hydrogen-bond donors (Lipinski definition) is 1. The van der Waals surface area contributed by atoms with Crippen LogP contribution in [0.2, 0.25) is 0 Å². The Hall–Kier alpha value is -4.60. The number of rotatable bonds is 10. The average molecular weight is 678 g/mol. The Labute approximate surface area is 291 Å². The number of carbonyl (C=O) groups excluding carboxylic acids is 1.